The maximum atomic E-state index is 12.1. The van der Waals surface area contributed by atoms with Crippen LogP contribution in [-0.2, 0) is 0 Å². The standard InChI is InChI=1S/C23H19ClN4O/c1-14(15-4-7-18(24)8-5-15)28-22-19-11-16(17-3-2-10-26-12-17)6-9-21(19)27-13-20(22)23(25)29/h2-14H,1H3,(H2,25,29)(H,27,28)/t14-/m1/s1. The summed E-state index contributed by atoms with van der Waals surface area (Å²) in [5.74, 6) is -0.531. The van der Waals surface area contributed by atoms with Gasteiger partial charge in [-0.3, -0.25) is 14.8 Å². The SMILES string of the molecule is C[C@@H](Nc1c(C(N)=O)cnc2ccc(-c3cccnc3)cc12)c1ccc(Cl)cc1. The van der Waals surface area contributed by atoms with Crippen LogP contribution in [0.3, 0.4) is 0 Å². The number of rotatable bonds is 5. The Morgan fingerprint density at radius 2 is 1.86 bits per heavy atom. The number of carbonyl (C=O) groups is 1. The Bertz CT molecular complexity index is 1180. The van der Waals surface area contributed by atoms with Crippen molar-refractivity contribution in [2.45, 2.75) is 13.0 Å². The van der Waals surface area contributed by atoms with Crippen LogP contribution in [0.15, 0.2) is 73.2 Å². The number of primary amides is 1. The van der Waals surface area contributed by atoms with Gasteiger partial charge in [0.25, 0.3) is 5.91 Å². The van der Waals surface area contributed by atoms with Crippen LogP contribution in [0.5, 0.6) is 0 Å². The quantitative estimate of drug-likeness (QED) is 0.479. The van der Waals surface area contributed by atoms with Gasteiger partial charge < -0.3 is 11.1 Å². The summed E-state index contributed by atoms with van der Waals surface area (Å²) in [4.78, 5) is 20.7. The number of carbonyl (C=O) groups excluding carboxylic acids is 1. The van der Waals surface area contributed by atoms with Gasteiger partial charge in [0.1, 0.15) is 0 Å². The van der Waals surface area contributed by atoms with Crippen LogP contribution < -0.4 is 11.1 Å². The van der Waals surface area contributed by atoms with Crippen molar-refractivity contribution in [3.8, 4) is 11.1 Å². The fourth-order valence-corrected chi connectivity index (χ4v) is 3.43. The number of halogens is 1. The summed E-state index contributed by atoms with van der Waals surface area (Å²) in [6, 6.07) is 17.3. The van der Waals surface area contributed by atoms with Gasteiger partial charge in [0.05, 0.1) is 16.8 Å². The molecule has 4 aromatic rings. The average molecular weight is 403 g/mol. The molecule has 2 aromatic heterocycles. The Labute approximate surface area is 173 Å². The zero-order valence-corrected chi connectivity index (χ0v) is 16.5. The van der Waals surface area contributed by atoms with E-state index in [-0.39, 0.29) is 6.04 Å². The van der Waals surface area contributed by atoms with Crippen molar-refractivity contribution in [2.75, 3.05) is 5.32 Å². The van der Waals surface area contributed by atoms with Gasteiger partial charge in [-0.25, -0.2) is 0 Å². The fourth-order valence-electron chi connectivity index (χ4n) is 3.30. The minimum atomic E-state index is -0.531. The number of pyridine rings is 2. The van der Waals surface area contributed by atoms with E-state index in [1.54, 1.807) is 12.4 Å². The van der Waals surface area contributed by atoms with E-state index in [9.17, 15) is 4.79 Å². The van der Waals surface area contributed by atoms with Crippen molar-refractivity contribution in [1.29, 1.82) is 0 Å². The number of nitrogens with two attached hydrogens (primary N) is 1. The molecule has 0 spiro atoms. The van der Waals surface area contributed by atoms with E-state index >= 15 is 0 Å². The molecule has 0 unspecified atom stereocenters. The molecule has 29 heavy (non-hydrogen) atoms. The second-order valence-electron chi connectivity index (χ2n) is 6.80. The van der Waals surface area contributed by atoms with E-state index in [4.69, 9.17) is 17.3 Å². The zero-order chi connectivity index (χ0) is 20.4. The largest absolute Gasteiger partial charge is 0.377 e. The summed E-state index contributed by atoms with van der Waals surface area (Å²) < 4.78 is 0. The molecule has 0 aliphatic heterocycles. The maximum absolute atomic E-state index is 12.1. The van der Waals surface area contributed by atoms with Crippen LogP contribution in [0.1, 0.15) is 28.9 Å². The van der Waals surface area contributed by atoms with Crippen molar-refractivity contribution < 1.29 is 4.79 Å². The highest BCUT2D eigenvalue weighted by atomic mass is 35.5. The number of fused-ring (bicyclic) bond motifs is 1. The molecule has 2 heterocycles. The minimum Gasteiger partial charge on any atom is -0.377 e. The molecule has 0 aliphatic carbocycles. The van der Waals surface area contributed by atoms with Gasteiger partial charge in [-0.2, -0.15) is 0 Å². The van der Waals surface area contributed by atoms with E-state index in [2.05, 4.69) is 15.3 Å². The number of hydrogen-bond acceptors (Lipinski definition) is 4. The first-order valence-electron chi connectivity index (χ1n) is 9.18. The molecule has 0 aliphatic rings. The van der Waals surface area contributed by atoms with Crippen LogP contribution in [-0.4, -0.2) is 15.9 Å². The third kappa shape index (κ3) is 3.91. The average Bonchev–Trinajstić information content (AvgIpc) is 2.74. The van der Waals surface area contributed by atoms with Crippen molar-refractivity contribution in [3.05, 3.63) is 89.3 Å². The van der Waals surface area contributed by atoms with E-state index in [1.165, 1.54) is 6.20 Å². The third-order valence-electron chi connectivity index (χ3n) is 4.86. The number of amides is 1. The van der Waals surface area contributed by atoms with E-state index in [1.807, 2.05) is 61.5 Å². The van der Waals surface area contributed by atoms with Crippen molar-refractivity contribution in [2.24, 2.45) is 5.73 Å². The Morgan fingerprint density at radius 1 is 1.07 bits per heavy atom. The summed E-state index contributed by atoms with van der Waals surface area (Å²) in [5, 5.41) is 4.95. The Hall–Kier alpha value is -3.44. The lowest BCUT2D eigenvalue weighted by Gasteiger charge is -2.20. The third-order valence-corrected chi connectivity index (χ3v) is 5.11. The topological polar surface area (TPSA) is 80.9 Å². The molecule has 1 amide bonds. The molecule has 0 fully saturated rings. The number of nitrogens with zero attached hydrogens (tertiary/aromatic N) is 2. The molecule has 5 nitrogen and oxygen atoms in total. The fraction of sp³-hybridized carbons (Fsp3) is 0.0870. The molecule has 144 valence electrons. The van der Waals surface area contributed by atoms with Crippen molar-refractivity contribution in [1.82, 2.24) is 9.97 Å². The first-order valence-corrected chi connectivity index (χ1v) is 9.55. The number of hydrogen-bond donors (Lipinski definition) is 2. The number of anilines is 1. The smallest absolute Gasteiger partial charge is 0.252 e. The van der Waals surface area contributed by atoms with Crippen molar-refractivity contribution >= 4 is 34.1 Å². The second-order valence-corrected chi connectivity index (χ2v) is 7.24. The number of benzene rings is 2. The van der Waals surface area contributed by atoms with Gasteiger partial charge in [0.15, 0.2) is 0 Å². The van der Waals surface area contributed by atoms with Gasteiger partial charge in [0.2, 0.25) is 0 Å². The highest BCUT2D eigenvalue weighted by Gasteiger charge is 2.17. The lowest BCUT2D eigenvalue weighted by Crippen LogP contribution is -2.17. The Morgan fingerprint density at radius 3 is 2.55 bits per heavy atom. The van der Waals surface area contributed by atoms with Crippen molar-refractivity contribution in [3.63, 3.8) is 0 Å². The van der Waals surface area contributed by atoms with Crippen LogP contribution >= 0.6 is 11.6 Å². The lowest BCUT2D eigenvalue weighted by atomic mass is 10.0. The molecule has 6 heteroatoms. The van der Waals surface area contributed by atoms with E-state index < -0.39 is 5.91 Å². The summed E-state index contributed by atoms with van der Waals surface area (Å²) in [5.41, 5.74) is 10.4. The molecule has 2 aromatic carbocycles. The first-order chi connectivity index (χ1) is 14.0. The molecule has 1 atom stereocenters. The summed E-state index contributed by atoms with van der Waals surface area (Å²) in [7, 11) is 0. The number of nitrogens with one attached hydrogen (secondary N) is 1. The second kappa shape index (κ2) is 7.89. The maximum Gasteiger partial charge on any atom is 0.252 e. The van der Waals surface area contributed by atoms with Gasteiger partial charge in [-0.1, -0.05) is 35.9 Å². The monoisotopic (exact) mass is 402 g/mol. The predicted octanol–water partition coefficient (Wildman–Crippen LogP) is 5.22. The van der Waals surface area contributed by atoms with Crippen LogP contribution in [0, 0.1) is 0 Å². The molecule has 4 rings (SSSR count). The van der Waals surface area contributed by atoms with Crippen LogP contribution in [0.2, 0.25) is 5.02 Å². The zero-order valence-electron chi connectivity index (χ0n) is 15.8. The molecule has 0 saturated heterocycles. The Balaban J connectivity index is 1.83. The highest BCUT2D eigenvalue weighted by molar-refractivity contribution is 6.30. The van der Waals surface area contributed by atoms with Gasteiger partial charge in [0, 0.05) is 40.6 Å². The van der Waals surface area contributed by atoms with E-state index in [0.717, 1.165) is 27.6 Å². The lowest BCUT2D eigenvalue weighted by molar-refractivity contribution is 0.100. The van der Waals surface area contributed by atoms with Gasteiger partial charge in [-0.15, -0.1) is 0 Å². The summed E-state index contributed by atoms with van der Waals surface area (Å²) in [6.07, 6.45) is 5.05. The number of aromatic nitrogens is 2. The summed E-state index contributed by atoms with van der Waals surface area (Å²) >= 11 is 6.00. The normalized spacial score (nSPS) is 11.9. The molecule has 0 radical (unpaired) electrons. The molecule has 3 N–H and O–H groups in total. The molecular weight excluding hydrogens is 384 g/mol. The Kier molecular flexibility index (Phi) is 5.14. The van der Waals surface area contributed by atoms with E-state index in [0.29, 0.717) is 16.3 Å². The van der Waals surface area contributed by atoms with Crippen LogP contribution in [0.4, 0.5) is 5.69 Å². The molecular formula is C23H19ClN4O. The predicted molar refractivity (Wildman–Crippen MR) is 117 cm³/mol. The van der Waals surface area contributed by atoms with Crippen LogP contribution in [0.25, 0.3) is 22.0 Å². The van der Waals surface area contributed by atoms with Gasteiger partial charge >= 0.3 is 0 Å². The molecule has 0 saturated carbocycles. The minimum absolute atomic E-state index is 0.0713. The highest BCUT2D eigenvalue weighted by Crippen LogP contribution is 2.32. The summed E-state index contributed by atoms with van der Waals surface area (Å²) in [6.45, 7) is 2.02. The first kappa shape index (κ1) is 18.9. The van der Waals surface area contributed by atoms with Gasteiger partial charge in [-0.05, 0) is 48.4 Å². The molecule has 0 bridgehead atoms.